The molecule has 0 heterocycles. The predicted molar refractivity (Wildman–Crippen MR) is 99.8 cm³/mol. The SMILES string of the molecule is COc1ccc(Cl)cc1N(CC(=O)NC1CCCCCC1)S(C)(=O)=O. The van der Waals surface area contributed by atoms with Crippen molar-refractivity contribution in [2.24, 2.45) is 0 Å². The number of hydrogen-bond donors (Lipinski definition) is 1. The van der Waals surface area contributed by atoms with Gasteiger partial charge in [0.05, 0.1) is 19.1 Å². The Labute approximate surface area is 154 Å². The maximum Gasteiger partial charge on any atom is 0.240 e. The maximum atomic E-state index is 12.4. The maximum absolute atomic E-state index is 12.4. The van der Waals surface area contributed by atoms with Gasteiger partial charge in [-0.1, -0.05) is 37.3 Å². The fraction of sp³-hybridized carbons (Fsp3) is 0.588. The Balaban J connectivity index is 2.18. The van der Waals surface area contributed by atoms with Crippen LogP contribution in [-0.2, 0) is 14.8 Å². The Morgan fingerprint density at radius 2 is 1.92 bits per heavy atom. The molecule has 0 saturated heterocycles. The van der Waals surface area contributed by atoms with Gasteiger partial charge in [0, 0.05) is 11.1 Å². The number of carbonyl (C=O) groups is 1. The third-order valence-corrected chi connectivity index (χ3v) is 5.68. The van der Waals surface area contributed by atoms with Crippen LogP contribution in [0.4, 0.5) is 5.69 Å². The minimum atomic E-state index is -3.68. The third-order valence-electron chi connectivity index (χ3n) is 4.32. The summed E-state index contributed by atoms with van der Waals surface area (Å²) >= 11 is 6.00. The molecule has 1 fully saturated rings. The van der Waals surface area contributed by atoms with Crippen LogP contribution in [0, 0.1) is 0 Å². The summed E-state index contributed by atoms with van der Waals surface area (Å²) in [5.74, 6) is 0.0245. The summed E-state index contributed by atoms with van der Waals surface area (Å²) in [6.45, 7) is -0.300. The first-order valence-electron chi connectivity index (χ1n) is 8.42. The highest BCUT2D eigenvalue weighted by molar-refractivity contribution is 7.92. The van der Waals surface area contributed by atoms with E-state index in [0.717, 1.165) is 36.2 Å². The molecule has 1 saturated carbocycles. The van der Waals surface area contributed by atoms with Gasteiger partial charge in [-0.25, -0.2) is 8.42 Å². The summed E-state index contributed by atoms with van der Waals surface area (Å²) in [4.78, 5) is 12.4. The topological polar surface area (TPSA) is 75.7 Å². The zero-order valence-electron chi connectivity index (χ0n) is 14.6. The van der Waals surface area contributed by atoms with Gasteiger partial charge in [-0.15, -0.1) is 0 Å². The zero-order chi connectivity index (χ0) is 18.4. The van der Waals surface area contributed by atoms with Crippen LogP contribution >= 0.6 is 11.6 Å². The molecule has 0 spiro atoms. The smallest absolute Gasteiger partial charge is 0.240 e. The van der Waals surface area contributed by atoms with Crippen molar-refractivity contribution in [2.75, 3.05) is 24.2 Å². The molecule has 1 N–H and O–H groups in total. The van der Waals surface area contributed by atoms with E-state index in [4.69, 9.17) is 16.3 Å². The Morgan fingerprint density at radius 3 is 2.48 bits per heavy atom. The first kappa shape index (κ1) is 19.8. The molecule has 0 unspecified atom stereocenters. The van der Waals surface area contributed by atoms with Crippen molar-refractivity contribution in [2.45, 2.75) is 44.6 Å². The number of amides is 1. The zero-order valence-corrected chi connectivity index (χ0v) is 16.2. The van der Waals surface area contributed by atoms with Crippen LogP contribution < -0.4 is 14.4 Å². The van der Waals surface area contributed by atoms with Gasteiger partial charge in [-0.05, 0) is 31.0 Å². The van der Waals surface area contributed by atoms with Crippen molar-refractivity contribution in [3.05, 3.63) is 23.2 Å². The van der Waals surface area contributed by atoms with E-state index >= 15 is 0 Å². The van der Waals surface area contributed by atoms with Gasteiger partial charge < -0.3 is 10.1 Å². The van der Waals surface area contributed by atoms with Crippen LogP contribution in [0.5, 0.6) is 5.75 Å². The van der Waals surface area contributed by atoms with Crippen molar-refractivity contribution in [3.63, 3.8) is 0 Å². The van der Waals surface area contributed by atoms with Crippen LogP contribution in [0.3, 0.4) is 0 Å². The van der Waals surface area contributed by atoms with Crippen molar-refractivity contribution in [1.82, 2.24) is 5.32 Å². The van der Waals surface area contributed by atoms with Crippen molar-refractivity contribution in [1.29, 1.82) is 0 Å². The van der Waals surface area contributed by atoms with Gasteiger partial charge in [0.2, 0.25) is 15.9 Å². The number of rotatable bonds is 6. The molecule has 1 aliphatic rings. The third kappa shape index (κ3) is 5.78. The Bertz CT molecular complexity index is 701. The summed E-state index contributed by atoms with van der Waals surface area (Å²) in [5, 5.41) is 3.33. The van der Waals surface area contributed by atoms with Gasteiger partial charge in [0.15, 0.2) is 0 Å². The van der Waals surface area contributed by atoms with Gasteiger partial charge >= 0.3 is 0 Å². The molecule has 0 aromatic heterocycles. The van der Waals surface area contributed by atoms with E-state index in [9.17, 15) is 13.2 Å². The van der Waals surface area contributed by atoms with E-state index < -0.39 is 10.0 Å². The van der Waals surface area contributed by atoms with Crippen molar-refractivity contribution >= 4 is 33.2 Å². The molecular weight excluding hydrogens is 364 g/mol. The summed E-state index contributed by atoms with van der Waals surface area (Å²) in [7, 11) is -2.23. The summed E-state index contributed by atoms with van der Waals surface area (Å²) in [6, 6.07) is 4.78. The molecule has 1 aromatic rings. The summed E-state index contributed by atoms with van der Waals surface area (Å²) in [6.07, 6.45) is 7.47. The molecule has 8 heteroatoms. The second kappa shape index (κ2) is 8.76. The van der Waals surface area contributed by atoms with Gasteiger partial charge in [0.1, 0.15) is 12.3 Å². The molecule has 0 radical (unpaired) electrons. The minimum Gasteiger partial charge on any atom is -0.495 e. The van der Waals surface area contributed by atoms with Crippen LogP contribution in [-0.4, -0.2) is 40.3 Å². The van der Waals surface area contributed by atoms with Crippen LogP contribution in [0.25, 0.3) is 0 Å². The number of methoxy groups -OCH3 is 1. The highest BCUT2D eigenvalue weighted by atomic mass is 35.5. The largest absolute Gasteiger partial charge is 0.495 e. The van der Waals surface area contributed by atoms with E-state index in [-0.39, 0.29) is 24.2 Å². The molecule has 0 bridgehead atoms. The van der Waals surface area contributed by atoms with E-state index in [1.165, 1.54) is 26.0 Å². The average molecular weight is 389 g/mol. The van der Waals surface area contributed by atoms with Crippen molar-refractivity contribution < 1.29 is 17.9 Å². The van der Waals surface area contributed by atoms with Crippen LogP contribution in [0.1, 0.15) is 38.5 Å². The lowest BCUT2D eigenvalue weighted by Crippen LogP contribution is -2.44. The number of hydrogen-bond acceptors (Lipinski definition) is 4. The monoisotopic (exact) mass is 388 g/mol. The predicted octanol–water partition coefficient (Wildman–Crippen LogP) is 2.95. The summed E-state index contributed by atoms with van der Waals surface area (Å²) < 4.78 is 30.7. The molecule has 2 rings (SSSR count). The molecular formula is C17H25ClN2O4S. The molecule has 25 heavy (non-hydrogen) atoms. The Hall–Kier alpha value is -1.47. The first-order chi connectivity index (χ1) is 11.8. The Morgan fingerprint density at radius 1 is 1.28 bits per heavy atom. The molecule has 1 aromatic carbocycles. The van der Waals surface area contributed by atoms with Gasteiger partial charge in [-0.2, -0.15) is 0 Å². The second-order valence-electron chi connectivity index (χ2n) is 6.34. The van der Waals surface area contributed by atoms with E-state index in [1.807, 2.05) is 0 Å². The number of benzene rings is 1. The van der Waals surface area contributed by atoms with Crippen LogP contribution in [0.15, 0.2) is 18.2 Å². The van der Waals surface area contributed by atoms with Crippen LogP contribution in [0.2, 0.25) is 5.02 Å². The standard InChI is InChI=1S/C17H25ClN2O4S/c1-24-16-10-9-13(18)11-15(16)20(25(2,22)23)12-17(21)19-14-7-5-3-4-6-8-14/h9-11,14H,3-8,12H2,1-2H3,(H,19,21). The number of nitrogens with zero attached hydrogens (tertiary/aromatic N) is 1. The normalized spacial score (nSPS) is 16.1. The van der Waals surface area contributed by atoms with Gasteiger partial charge in [-0.3, -0.25) is 9.10 Å². The number of ether oxygens (including phenoxy) is 1. The second-order valence-corrected chi connectivity index (χ2v) is 8.69. The fourth-order valence-corrected chi connectivity index (χ4v) is 4.08. The lowest BCUT2D eigenvalue weighted by Gasteiger charge is -2.25. The lowest BCUT2D eigenvalue weighted by molar-refractivity contribution is -0.120. The molecule has 140 valence electrons. The number of anilines is 1. The molecule has 0 atom stereocenters. The molecule has 1 aliphatic carbocycles. The quantitative estimate of drug-likeness (QED) is 0.760. The highest BCUT2D eigenvalue weighted by Crippen LogP contribution is 2.32. The number of halogens is 1. The number of nitrogens with one attached hydrogen (secondary N) is 1. The number of sulfonamides is 1. The molecule has 6 nitrogen and oxygen atoms in total. The van der Waals surface area contributed by atoms with E-state index in [2.05, 4.69) is 5.32 Å². The fourth-order valence-electron chi connectivity index (χ4n) is 3.07. The molecule has 1 amide bonds. The highest BCUT2D eigenvalue weighted by Gasteiger charge is 2.25. The minimum absolute atomic E-state index is 0.109. The number of carbonyl (C=O) groups excluding carboxylic acids is 1. The van der Waals surface area contributed by atoms with Crippen molar-refractivity contribution in [3.8, 4) is 5.75 Å². The first-order valence-corrected chi connectivity index (χ1v) is 10.6. The van der Waals surface area contributed by atoms with E-state index in [0.29, 0.717) is 10.8 Å². The molecule has 0 aliphatic heterocycles. The van der Waals surface area contributed by atoms with E-state index in [1.54, 1.807) is 12.1 Å². The Kier molecular flexibility index (Phi) is 6.95. The average Bonchev–Trinajstić information content (AvgIpc) is 2.80. The van der Waals surface area contributed by atoms with Gasteiger partial charge in [0.25, 0.3) is 0 Å². The summed E-state index contributed by atoms with van der Waals surface area (Å²) in [5.41, 5.74) is 0.258. The lowest BCUT2D eigenvalue weighted by atomic mass is 10.1.